The Morgan fingerprint density at radius 1 is 1.38 bits per heavy atom. The van der Waals surface area contributed by atoms with Gasteiger partial charge in [-0.25, -0.2) is 0 Å². The van der Waals surface area contributed by atoms with E-state index in [1.165, 1.54) is 5.56 Å². The molecule has 1 aromatic carbocycles. The number of allylic oxidation sites excluding steroid dienone is 4. The first kappa shape index (κ1) is 12.0. The number of hydrogen-bond donors (Lipinski definition) is 0. The van der Waals surface area contributed by atoms with Gasteiger partial charge in [0.05, 0.1) is 11.6 Å². The minimum atomic E-state index is 0.462. The van der Waals surface area contributed by atoms with Crippen LogP contribution in [0.3, 0.4) is 0 Å². The average Bonchev–Trinajstić information content (AvgIpc) is 2.35. The van der Waals surface area contributed by atoms with Crippen LogP contribution in [0.1, 0.15) is 18.1 Å². The van der Waals surface area contributed by atoms with Gasteiger partial charge in [0.15, 0.2) is 0 Å². The fourth-order valence-electron chi connectivity index (χ4n) is 1.47. The molecule has 0 fully saturated rings. The molecule has 16 heavy (non-hydrogen) atoms. The quantitative estimate of drug-likeness (QED) is 0.545. The van der Waals surface area contributed by atoms with Crippen molar-refractivity contribution in [3.05, 3.63) is 66.3 Å². The maximum atomic E-state index is 8.87. The molecule has 0 unspecified atom stereocenters. The van der Waals surface area contributed by atoms with Gasteiger partial charge in [-0.2, -0.15) is 5.26 Å². The van der Waals surface area contributed by atoms with Gasteiger partial charge in [-0.15, -0.1) is 0 Å². The molecular weight excluding hydrogens is 194 g/mol. The van der Waals surface area contributed by atoms with Gasteiger partial charge in [0.1, 0.15) is 0 Å². The van der Waals surface area contributed by atoms with Crippen molar-refractivity contribution in [3.63, 3.8) is 0 Å². The van der Waals surface area contributed by atoms with E-state index in [0.29, 0.717) is 5.57 Å². The van der Waals surface area contributed by atoms with Crippen LogP contribution >= 0.6 is 0 Å². The van der Waals surface area contributed by atoms with Crippen LogP contribution in [-0.2, 0) is 6.42 Å². The Morgan fingerprint density at radius 3 is 2.44 bits per heavy atom. The standard InChI is InChI=1S/C15H15N/c1-4-6-15(12(3)11-16)14-9-7-13(5-2)8-10-14/h4,6-10H,1,3,5H2,2H3/b15-6+. The lowest BCUT2D eigenvalue weighted by molar-refractivity contribution is 1.14. The lowest BCUT2D eigenvalue weighted by atomic mass is 9.98. The van der Waals surface area contributed by atoms with Crippen LogP contribution in [0.25, 0.3) is 5.57 Å². The van der Waals surface area contributed by atoms with Crippen LogP contribution in [-0.4, -0.2) is 0 Å². The maximum Gasteiger partial charge on any atom is 0.0991 e. The molecule has 1 nitrogen and oxygen atoms in total. The molecule has 80 valence electrons. The first-order valence-corrected chi connectivity index (χ1v) is 5.24. The Labute approximate surface area is 97.0 Å². The van der Waals surface area contributed by atoms with E-state index in [4.69, 9.17) is 5.26 Å². The van der Waals surface area contributed by atoms with Gasteiger partial charge in [-0.1, -0.05) is 56.5 Å². The fraction of sp³-hybridized carbons (Fsp3) is 0.133. The highest BCUT2D eigenvalue weighted by Crippen LogP contribution is 2.22. The third kappa shape index (κ3) is 2.71. The largest absolute Gasteiger partial charge is 0.192 e. The third-order valence-electron chi connectivity index (χ3n) is 2.42. The molecule has 0 N–H and O–H groups in total. The second-order valence-corrected chi connectivity index (χ2v) is 3.46. The first-order valence-electron chi connectivity index (χ1n) is 5.24. The maximum absolute atomic E-state index is 8.87. The highest BCUT2D eigenvalue weighted by molar-refractivity contribution is 5.83. The van der Waals surface area contributed by atoms with Crippen LogP contribution in [0.4, 0.5) is 0 Å². The zero-order chi connectivity index (χ0) is 12.0. The molecule has 0 amide bonds. The number of rotatable bonds is 4. The summed E-state index contributed by atoms with van der Waals surface area (Å²) in [7, 11) is 0. The van der Waals surface area contributed by atoms with E-state index >= 15 is 0 Å². The predicted molar refractivity (Wildman–Crippen MR) is 68.7 cm³/mol. The predicted octanol–water partition coefficient (Wildman–Crippen LogP) is 3.90. The molecule has 1 heteroatoms. The fourth-order valence-corrected chi connectivity index (χ4v) is 1.47. The summed E-state index contributed by atoms with van der Waals surface area (Å²) in [5.74, 6) is 0. The number of hydrogen-bond acceptors (Lipinski definition) is 1. The normalized spacial score (nSPS) is 10.6. The molecule has 0 atom stereocenters. The molecule has 0 saturated carbocycles. The first-order chi connectivity index (χ1) is 7.72. The van der Waals surface area contributed by atoms with Crippen LogP contribution in [0.5, 0.6) is 0 Å². The van der Waals surface area contributed by atoms with Crippen molar-refractivity contribution in [2.75, 3.05) is 0 Å². The molecule has 0 aliphatic carbocycles. The van der Waals surface area contributed by atoms with E-state index in [9.17, 15) is 0 Å². The molecule has 0 radical (unpaired) electrons. The summed E-state index contributed by atoms with van der Waals surface area (Å²) < 4.78 is 0. The summed E-state index contributed by atoms with van der Waals surface area (Å²) >= 11 is 0. The zero-order valence-corrected chi connectivity index (χ0v) is 9.53. The van der Waals surface area contributed by atoms with Gasteiger partial charge in [0, 0.05) is 0 Å². The molecule has 0 saturated heterocycles. The van der Waals surface area contributed by atoms with Gasteiger partial charge in [-0.05, 0) is 23.1 Å². The summed E-state index contributed by atoms with van der Waals surface area (Å²) in [6.07, 6.45) is 4.50. The van der Waals surface area contributed by atoms with Crippen LogP contribution in [0.15, 0.2) is 55.1 Å². The SMILES string of the molecule is C=C/C=C(\C(=C)C#N)c1ccc(CC)cc1. The smallest absolute Gasteiger partial charge is 0.0991 e. The summed E-state index contributed by atoms with van der Waals surface area (Å²) in [6.45, 7) is 9.50. The zero-order valence-electron chi connectivity index (χ0n) is 9.53. The van der Waals surface area contributed by atoms with E-state index in [-0.39, 0.29) is 0 Å². The molecule has 1 rings (SSSR count). The van der Waals surface area contributed by atoms with Crippen molar-refractivity contribution in [2.45, 2.75) is 13.3 Å². The molecule has 0 aromatic heterocycles. The molecule has 1 aromatic rings. The molecular formula is C15H15N. The summed E-state index contributed by atoms with van der Waals surface area (Å²) in [5, 5.41) is 8.87. The Bertz CT molecular complexity index is 455. The average molecular weight is 209 g/mol. The van der Waals surface area contributed by atoms with Crippen LogP contribution in [0, 0.1) is 11.3 Å². The molecule has 0 heterocycles. The van der Waals surface area contributed by atoms with Crippen LogP contribution in [0.2, 0.25) is 0 Å². The summed E-state index contributed by atoms with van der Waals surface area (Å²) in [4.78, 5) is 0. The van der Waals surface area contributed by atoms with Crippen LogP contribution < -0.4 is 0 Å². The summed E-state index contributed by atoms with van der Waals surface area (Å²) in [6, 6.07) is 10.2. The van der Waals surface area contributed by atoms with Gasteiger partial charge in [0.25, 0.3) is 0 Å². The third-order valence-corrected chi connectivity index (χ3v) is 2.42. The molecule has 0 aliphatic rings. The Kier molecular flexibility index (Phi) is 4.29. The van der Waals surface area contributed by atoms with Crippen molar-refractivity contribution >= 4 is 5.57 Å². The number of aryl methyl sites for hydroxylation is 1. The van der Waals surface area contributed by atoms with Crippen molar-refractivity contribution in [3.8, 4) is 6.07 Å². The lowest BCUT2D eigenvalue weighted by Gasteiger charge is -2.05. The number of benzene rings is 1. The minimum Gasteiger partial charge on any atom is -0.192 e. The van der Waals surface area contributed by atoms with Gasteiger partial charge >= 0.3 is 0 Å². The van der Waals surface area contributed by atoms with Crippen molar-refractivity contribution in [2.24, 2.45) is 0 Å². The Morgan fingerprint density at radius 2 is 2.00 bits per heavy atom. The minimum absolute atomic E-state index is 0.462. The molecule has 0 bridgehead atoms. The molecule has 0 spiro atoms. The van der Waals surface area contributed by atoms with E-state index in [2.05, 4.69) is 38.3 Å². The topological polar surface area (TPSA) is 23.8 Å². The van der Waals surface area contributed by atoms with Gasteiger partial charge in [0.2, 0.25) is 0 Å². The van der Waals surface area contributed by atoms with Crippen molar-refractivity contribution < 1.29 is 0 Å². The Balaban J connectivity index is 3.13. The van der Waals surface area contributed by atoms with Gasteiger partial charge < -0.3 is 0 Å². The van der Waals surface area contributed by atoms with E-state index in [0.717, 1.165) is 17.6 Å². The number of nitriles is 1. The molecule has 0 aliphatic heterocycles. The summed E-state index contributed by atoms with van der Waals surface area (Å²) in [5.41, 5.74) is 3.58. The van der Waals surface area contributed by atoms with Gasteiger partial charge in [-0.3, -0.25) is 0 Å². The van der Waals surface area contributed by atoms with E-state index in [1.54, 1.807) is 6.08 Å². The second kappa shape index (κ2) is 5.72. The highest BCUT2D eigenvalue weighted by atomic mass is 14.2. The Hall–Kier alpha value is -2.07. The second-order valence-electron chi connectivity index (χ2n) is 3.46. The highest BCUT2D eigenvalue weighted by Gasteiger charge is 2.04. The monoisotopic (exact) mass is 209 g/mol. The van der Waals surface area contributed by atoms with E-state index < -0.39 is 0 Å². The van der Waals surface area contributed by atoms with E-state index in [1.807, 2.05) is 18.2 Å². The number of nitrogens with zero attached hydrogens (tertiary/aromatic N) is 1. The lowest BCUT2D eigenvalue weighted by Crippen LogP contribution is -1.88. The van der Waals surface area contributed by atoms with Crippen molar-refractivity contribution in [1.29, 1.82) is 5.26 Å². The van der Waals surface area contributed by atoms with Crippen molar-refractivity contribution in [1.82, 2.24) is 0 Å².